The molecule has 0 amide bonds. The number of phenols is 1. The highest BCUT2D eigenvalue weighted by Gasteiger charge is 2.18. The number of aromatic amines is 1. The van der Waals surface area contributed by atoms with E-state index in [1.54, 1.807) is 12.1 Å². The number of hydrogen-bond donors (Lipinski definition) is 3. The van der Waals surface area contributed by atoms with Crippen LogP contribution in [0, 0.1) is 6.92 Å². The van der Waals surface area contributed by atoms with Crippen LogP contribution >= 0.6 is 35.3 Å². The van der Waals surface area contributed by atoms with Crippen molar-refractivity contribution >= 4 is 56.3 Å². The van der Waals surface area contributed by atoms with Crippen LogP contribution in [0.1, 0.15) is 24.0 Å². The number of benzene rings is 2. The zero-order chi connectivity index (χ0) is 19.3. The first kappa shape index (κ1) is 20.7. The Hall–Kier alpha value is -2.05. The summed E-state index contributed by atoms with van der Waals surface area (Å²) in [6.07, 6.45) is 0. The van der Waals surface area contributed by atoms with Gasteiger partial charge in [0.2, 0.25) is 0 Å². The number of halogens is 2. The smallest absolute Gasteiger partial charge is 0.266 e. The van der Waals surface area contributed by atoms with Crippen molar-refractivity contribution in [3.8, 4) is 16.9 Å². The van der Waals surface area contributed by atoms with E-state index in [4.69, 9.17) is 17.3 Å². The average molecular weight is 435 g/mol. The average Bonchev–Trinajstić information content (AvgIpc) is 3.05. The predicted octanol–water partition coefficient (Wildman–Crippen LogP) is 5.56. The molecule has 2 heterocycles. The Morgan fingerprint density at radius 2 is 1.93 bits per heavy atom. The number of pyridine rings is 1. The van der Waals surface area contributed by atoms with E-state index in [0.717, 1.165) is 27.5 Å². The first-order chi connectivity index (χ1) is 12.9. The number of fused-ring (bicyclic) bond motifs is 3. The SMILES string of the molecule is Cc1cc(O)c(-c2ccc([C@@H](C)CN)cc2)c2c1[nH]c(=O)c1sc(Cl)cc12.Cl. The molecule has 4 rings (SSSR count). The zero-order valence-electron chi connectivity index (χ0n) is 15.4. The minimum atomic E-state index is -0.166. The molecule has 146 valence electrons. The maximum Gasteiger partial charge on any atom is 0.266 e. The lowest BCUT2D eigenvalue weighted by atomic mass is 9.93. The number of H-pyrrole nitrogens is 1. The second kappa shape index (κ2) is 7.76. The van der Waals surface area contributed by atoms with Crippen LogP contribution < -0.4 is 11.3 Å². The quantitative estimate of drug-likeness (QED) is 0.394. The number of aryl methyl sites for hydroxylation is 1. The molecular weight excluding hydrogens is 415 g/mol. The van der Waals surface area contributed by atoms with Crippen molar-refractivity contribution in [2.75, 3.05) is 6.54 Å². The summed E-state index contributed by atoms with van der Waals surface area (Å²) in [6.45, 7) is 4.52. The van der Waals surface area contributed by atoms with E-state index in [0.29, 0.717) is 26.7 Å². The minimum Gasteiger partial charge on any atom is -0.507 e. The summed E-state index contributed by atoms with van der Waals surface area (Å²) >= 11 is 7.44. The first-order valence-electron chi connectivity index (χ1n) is 8.68. The molecule has 2 aromatic carbocycles. The van der Waals surface area contributed by atoms with Crippen LogP contribution in [0.5, 0.6) is 5.75 Å². The highest BCUT2D eigenvalue weighted by molar-refractivity contribution is 7.22. The monoisotopic (exact) mass is 434 g/mol. The highest BCUT2D eigenvalue weighted by atomic mass is 35.5. The Labute approximate surface area is 177 Å². The zero-order valence-corrected chi connectivity index (χ0v) is 17.8. The summed E-state index contributed by atoms with van der Waals surface area (Å²) in [7, 11) is 0. The molecule has 0 bridgehead atoms. The summed E-state index contributed by atoms with van der Waals surface area (Å²) in [4.78, 5) is 15.4. The fourth-order valence-corrected chi connectivity index (χ4v) is 4.65. The molecule has 0 fully saturated rings. The van der Waals surface area contributed by atoms with Gasteiger partial charge in [0.15, 0.2) is 0 Å². The van der Waals surface area contributed by atoms with Gasteiger partial charge in [0.1, 0.15) is 10.4 Å². The number of rotatable bonds is 3. The van der Waals surface area contributed by atoms with Crippen molar-refractivity contribution in [1.82, 2.24) is 4.98 Å². The molecule has 4 nitrogen and oxygen atoms in total. The third kappa shape index (κ3) is 3.29. The van der Waals surface area contributed by atoms with Gasteiger partial charge in [0.25, 0.3) is 5.56 Å². The normalized spacial score (nSPS) is 12.3. The van der Waals surface area contributed by atoms with E-state index in [1.807, 2.05) is 31.2 Å². The van der Waals surface area contributed by atoms with Gasteiger partial charge in [-0.15, -0.1) is 23.7 Å². The number of phenolic OH excluding ortho intramolecular Hbond substituents is 1. The Bertz CT molecular complexity index is 1230. The van der Waals surface area contributed by atoms with E-state index in [1.165, 1.54) is 11.3 Å². The van der Waals surface area contributed by atoms with Gasteiger partial charge in [-0.25, -0.2) is 0 Å². The molecule has 0 aliphatic heterocycles. The van der Waals surface area contributed by atoms with Gasteiger partial charge < -0.3 is 15.8 Å². The van der Waals surface area contributed by atoms with Crippen molar-refractivity contribution in [3.05, 3.63) is 62.2 Å². The molecule has 7 heteroatoms. The van der Waals surface area contributed by atoms with Crippen molar-refractivity contribution in [2.24, 2.45) is 5.73 Å². The number of aromatic nitrogens is 1. The number of nitrogens with one attached hydrogen (secondary N) is 1. The Morgan fingerprint density at radius 1 is 1.25 bits per heavy atom. The molecule has 0 saturated carbocycles. The number of nitrogens with two attached hydrogens (primary N) is 1. The Kier molecular flexibility index (Phi) is 5.73. The molecule has 2 aromatic heterocycles. The van der Waals surface area contributed by atoms with Gasteiger partial charge >= 0.3 is 0 Å². The lowest BCUT2D eigenvalue weighted by Crippen LogP contribution is -2.08. The van der Waals surface area contributed by atoms with Crippen LogP contribution in [0.4, 0.5) is 0 Å². The third-order valence-electron chi connectivity index (χ3n) is 5.04. The number of thiophene rings is 1. The predicted molar refractivity (Wildman–Crippen MR) is 122 cm³/mol. The molecule has 4 N–H and O–H groups in total. The van der Waals surface area contributed by atoms with E-state index in [-0.39, 0.29) is 29.6 Å². The van der Waals surface area contributed by atoms with Crippen LogP contribution in [-0.2, 0) is 0 Å². The van der Waals surface area contributed by atoms with Crippen molar-refractivity contribution < 1.29 is 5.11 Å². The first-order valence-corrected chi connectivity index (χ1v) is 9.88. The molecule has 0 radical (unpaired) electrons. The molecule has 4 aromatic rings. The van der Waals surface area contributed by atoms with Crippen LogP contribution in [0.3, 0.4) is 0 Å². The maximum atomic E-state index is 12.5. The minimum absolute atomic E-state index is 0. The molecular formula is C21H20Cl2N2O2S. The van der Waals surface area contributed by atoms with Gasteiger partial charge in [-0.1, -0.05) is 42.8 Å². The third-order valence-corrected chi connectivity index (χ3v) is 6.30. The van der Waals surface area contributed by atoms with Crippen molar-refractivity contribution in [3.63, 3.8) is 0 Å². The van der Waals surface area contributed by atoms with Crippen LogP contribution in [0.2, 0.25) is 4.34 Å². The van der Waals surface area contributed by atoms with Crippen LogP contribution in [-0.4, -0.2) is 16.6 Å². The van der Waals surface area contributed by atoms with Gasteiger partial charge in [-0.2, -0.15) is 0 Å². The summed E-state index contributed by atoms with van der Waals surface area (Å²) in [5.74, 6) is 0.441. The fraction of sp³-hybridized carbons (Fsp3) is 0.190. The van der Waals surface area contributed by atoms with E-state index < -0.39 is 0 Å². The summed E-state index contributed by atoms with van der Waals surface area (Å²) < 4.78 is 1.11. The molecule has 0 saturated heterocycles. The molecule has 0 aliphatic carbocycles. The Balaban J connectivity index is 0.00000225. The summed E-state index contributed by atoms with van der Waals surface area (Å²) in [5, 5.41) is 12.3. The maximum absolute atomic E-state index is 12.5. The standard InChI is InChI=1S/C21H19ClN2O2S.ClH/c1-10-7-15(25)17(13-5-3-12(4-6-13)11(2)9-23)18-14-8-16(22)27-20(14)21(26)24-19(10)18;/h3-8,11,25H,9,23H2,1-2H3,(H,24,26);1H/t11-;/m0./s1. The number of hydrogen-bond acceptors (Lipinski definition) is 4. The summed E-state index contributed by atoms with van der Waals surface area (Å²) in [5.41, 5.74) is 9.84. The van der Waals surface area contributed by atoms with Gasteiger partial charge in [-0.3, -0.25) is 4.79 Å². The van der Waals surface area contributed by atoms with E-state index in [9.17, 15) is 9.90 Å². The van der Waals surface area contributed by atoms with Gasteiger partial charge in [-0.05, 0) is 48.2 Å². The molecule has 0 aliphatic rings. The van der Waals surface area contributed by atoms with E-state index in [2.05, 4.69) is 11.9 Å². The second-order valence-corrected chi connectivity index (χ2v) is 8.53. The lowest BCUT2D eigenvalue weighted by Gasteiger charge is -2.14. The largest absolute Gasteiger partial charge is 0.507 e. The van der Waals surface area contributed by atoms with Crippen molar-refractivity contribution in [1.29, 1.82) is 0 Å². The Morgan fingerprint density at radius 3 is 2.57 bits per heavy atom. The summed E-state index contributed by atoms with van der Waals surface area (Å²) in [6, 6.07) is 11.5. The molecule has 28 heavy (non-hydrogen) atoms. The highest BCUT2D eigenvalue weighted by Crippen LogP contribution is 2.42. The lowest BCUT2D eigenvalue weighted by molar-refractivity contribution is 0.477. The second-order valence-electron chi connectivity index (χ2n) is 6.84. The molecule has 0 spiro atoms. The fourth-order valence-electron chi connectivity index (χ4n) is 3.52. The molecule has 1 atom stereocenters. The molecule has 0 unspecified atom stereocenters. The van der Waals surface area contributed by atoms with E-state index >= 15 is 0 Å². The topological polar surface area (TPSA) is 79.1 Å². The number of aromatic hydroxyl groups is 1. The van der Waals surface area contributed by atoms with Crippen molar-refractivity contribution in [2.45, 2.75) is 19.8 Å². The van der Waals surface area contributed by atoms with Crippen LogP contribution in [0.15, 0.2) is 41.2 Å². The van der Waals surface area contributed by atoms with Gasteiger partial charge in [0, 0.05) is 16.3 Å². The van der Waals surface area contributed by atoms with Gasteiger partial charge in [0.05, 0.1) is 9.85 Å². The van der Waals surface area contributed by atoms with Crippen LogP contribution in [0.25, 0.3) is 32.1 Å².